The van der Waals surface area contributed by atoms with Gasteiger partial charge in [0.25, 0.3) is 0 Å². The summed E-state index contributed by atoms with van der Waals surface area (Å²) in [6.07, 6.45) is 4.44. The number of benzene rings is 1. The minimum absolute atomic E-state index is 0.0137. The van der Waals surface area contributed by atoms with Gasteiger partial charge in [-0.15, -0.1) is 0 Å². The Morgan fingerprint density at radius 3 is 2.82 bits per heavy atom. The summed E-state index contributed by atoms with van der Waals surface area (Å²) in [6, 6.07) is 13.2. The monoisotopic (exact) mass is 396 g/mol. The van der Waals surface area contributed by atoms with E-state index >= 15 is 0 Å². The first kappa shape index (κ1) is 20.1. The molecule has 6 heteroatoms. The standard InChI is InChI=1S/C22H24N2O3S/c1-3-11-27-22(26)24-15-20(28-21(25)18-7-5-4-6-8-18)14-19(24)13-17-9-10-23-16(2)12-17/h3-10,12,19-20H,1,11,13-15H2,2H3/t19-,20+/m1/s1. The maximum atomic E-state index is 12.6. The number of rotatable bonds is 6. The van der Waals surface area contributed by atoms with Crippen LogP contribution in [0.25, 0.3) is 0 Å². The van der Waals surface area contributed by atoms with E-state index in [-0.39, 0.29) is 29.1 Å². The van der Waals surface area contributed by atoms with Gasteiger partial charge < -0.3 is 9.64 Å². The highest BCUT2D eigenvalue weighted by molar-refractivity contribution is 8.14. The van der Waals surface area contributed by atoms with E-state index < -0.39 is 0 Å². The van der Waals surface area contributed by atoms with E-state index in [1.807, 2.05) is 49.4 Å². The zero-order valence-electron chi connectivity index (χ0n) is 15.9. The van der Waals surface area contributed by atoms with Crippen molar-refractivity contribution in [3.63, 3.8) is 0 Å². The summed E-state index contributed by atoms with van der Waals surface area (Å²) in [7, 11) is 0. The largest absolute Gasteiger partial charge is 0.445 e. The van der Waals surface area contributed by atoms with E-state index in [9.17, 15) is 9.59 Å². The van der Waals surface area contributed by atoms with E-state index in [1.54, 1.807) is 17.2 Å². The van der Waals surface area contributed by atoms with Gasteiger partial charge in [0.05, 0.1) is 0 Å². The Morgan fingerprint density at radius 1 is 1.32 bits per heavy atom. The first-order valence-corrected chi connectivity index (χ1v) is 10.2. The summed E-state index contributed by atoms with van der Waals surface area (Å²) in [5.74, 6) is 0. The molecule has 0 spiro atoms. The fourth-order valence-corrected chi connectivity index (χ4v) is 4.51. The van der Waals surface area contributed by atoms with Crippen molar-refractivity contribution in [1.82, 2.24) is 9.88 Å². The number of aryl methyl sites for hydroxylation is 1. The van der Waals surface area contributed by atoms with E-state index in [2.05, 4.69) is 11.6 Å². The fourth-order valence-electron chi connectivity index (χ4n) is 3.39. The van der Waals surface area contributed by atoms with Crippen molar-refractivity contribution >= 4 is 23.0 Å². The highest BCUT2D eigenvalue weighted by atomic mass is 32.2. The van der Waals surface area contributed by atoms with E-state index in [1.165, 1.54) is 11.8 Å². The number of carbonyl (C=O) groups is 2. The molecule has 0 radical (unpaired) electrons. The maximum Gasteiger partial charge on any atom is 0.410 e. The molecular formula is C22H24N2O3S. The van der Waals surface area contributed by atoms with E-state index in [0.717, 1.165) is 17.7 Å². The van der Waals surface area contributed by atoms with Crippen LogP contribution in [0.15, 0.2) is 61.3 Å². The molecular weight excluding hydrogens is 372 g/mol. The van der Waals surface area contributed by atoms with Gasteiger partial charge in [-0.2, -0.15) is 0 Å². The highest BCUT2D eigenvalue weighted by Gasteiger charge is 2.37. The number of amides is 1. The van der Waals surface area contributed by atoms with Gasteiger partial charge in [-0.25, -0.2) is 4.79 Å². The molecule has 0 saturated carbocycles. The first-order chi connectivity index (χ1) is 13.6. The van der Waals surface area contributed by atoms with Gasteiger partial charge in [-0.1, -0.05) is 54.7 Å². The number of carbonyl (C=O) groups excluding carboxylic acids is 2. The van der Waals surface area contributed by atoms with Crippen LogP contribution in [-0.2, 0) is 11.2 Å². The Balaban J connectivity index is 1.71. The van der Waals surface area contributed by atoms with Gasteiger partial charge in [0, 0.05) is 35.3 Å². The summed E-state index contributed by atoms with van der Waals surface area (Å²) >= 11 is 1.30. The molecule has 28 heavy (non-hydrogen) atoms. The smallest absolute Gasteiger partial charge is 0.410 e. The number of ether oxygens (including phenoxy) is 1. The number of thioether (sulfide) groups is 1. The van der Waals surface area contributed by atoms with Crippen molar-refractivity contribution in [2.24, 2.45) is 0 Å². The van der Waals surface area contributed by atoms with Crippen molar-refractivity contribution in [3.05, 3.63) is 78.1 Å². The van der Waals surface area contributed by atoms with Crippen LogP contribution in [0.4, 0.5) is 4.79 Å². The predicted molar refractivity (Wildman–Crippen MR) is 111 cm³/mol. The molecule has 1 fully saturated rings. The van der Waals surface area contributed by atoms with E-state index in [0.29, 0.717) is 18.5 Å². The van der Waals surface area contributed by atoms with Crippen LogP contribution in [0, 0.1) is 6.92 Å². The van der Waals surface area contributed by atoms with Crippen molar-refractivity contribution < 1.29 is 14.3 Å². The lowest BCUT2D eigenvalue weighted by Crippen LogP contribution is -2.37. The molecule has 0 unspecified atom stereocenters. The number of hydrogen-bond donors (Lipinski definition) is 0. The van der Waals surface area contributed by atoms with Crippen LogP contribution in [0.3, 0.4) is 0 Å². The summed E-state index contributed by atoms with van der Waals surface area (Å²) in [5, 5.41) is 0.0716. The first-order valence-electron chi connectivity index (χ1n) is 9.28. The normalized spacial score (nSPS) is 18.7. The van der Waals surface area contributed by atoms with Gasteiger partial charge >= 0.3 is 6.09 Å². The van der Waals surface area contributed by atoms with Crippen LogP contribution in [0.5, 0.6) is 0 Å². The Bertz CT molecular complexity index is 841. The second kappa shape index (κ2) is 9.55. The Morgan fingerprint density at radius 2 is 2.11 bits per heavy atom. The Kier molecular flexibility index (Phi) is 6.87. The van der Waals surface area contributed by atoms with Crippen molar-refractivity contribution in [2.75, 3.05) is 13.2 Å². The molecule has 146 valence electrons. The summed E-state index contributed by atoms with van der Waals surface area (Å²) in [5.41, 5.74) is 2.75. The van der Waals surface area contributed by atoms with Gasteiger partial charge in [-0.3, -0.25) is 9.78 Å². The molecule has 2 aromatic rings. The number of aromatic nitrogens is 1. The van der Waals surface area contributed by atoms with Crippen molar-refractivity contribution in [3.8, 4) is 0 Å². The van der Waals surface area contributed by atoms with Crippen molar-refractivity contribution in [1.29, 1.82) is 0 Å². The molecule has 0 N–H and O–H groups in total. The topological polar surface area (TPSA) is 59.5 Å². The fraction of sp³-hybridized carbons (Fsp3) is 0.318. The molecule has 1 aliphatic rings. The highest BCUT2D eigenvalue weighted by Crippen LogP contribution is 2.32. The zero-order chi connectivity index (χ0) is 19.9. The zero-order valence-corrected chi connectivity index (χ0v) is 16.7. The van der Waals surface area contributed by atoms with Crippen LogP contribution in [-0.4, -0.2) is 45.5 Å². The lowest BCUT2D eigenvalue weighted by Gasteiger charge is -2.23. The Hall–Kier alpha value is -2.60. The SMILES string of the molecule is C=CCOC(=O)N1C[C@@H](SC(=O)c2ccccc2)C[C@H]1Cc1ccnc(C)c1. The summed E-state index contributed by atoms with van der Waals surface area (Å²) in [4.78, 5) is 31.1. The van der Waals surface area contributed by atoms with Gasteiger partial charge in [0.15, 0.2) is 0 Å². The minimum atomic E-state index is -0.356. The molecule has 1 aliphatic heterocycles. The minimum Gasteiger partial charge on any atom is -0.445 e. The lowest BCUT2D eigenvalue weighted by molar-refractivity contribution is 0.107. The average molecular weight is 397 g/mol. The molecule has 2 atom stereocenters. The molecule has 0 bridgehead atoms. The number of hydrogen-bond acceptors (Lipinski definition) is 5. The van der Waals surface area contributed by atoms with Crippen molar-refractivity contribution in [2.45, 2.75) is 31.1 Å². The lowest BCUT2D eigenvalue weighted by atomic mass is 10.0. The number of pyridine rings is 1. The second-order valence-corrected chi connectivity index (χ2v) is 8.08. The molecule has 1 aromatic heterocycles. The summed E-state index contributed by atoms with van der Waals surface area (Å²) < 4.78 is 5.27. The molecule has 1 amide bonds. The molecule has 0 aliphatic carbocycles. The third-order valence-electron chi connectivity index (χ3n) is 4.65. The van der Waals surface area contributed by atoms with Gasteiger partial charge in [-0.05, 0) is 37.5 Å². The molecule has 2 heterocycles. The maximum absolute atomic E-state index is 12.6. The second-order valence-electron chi connectivity index (χ2n) is 6.81. The van der Waals surface area contributed by atoms with Crippen LogP contribution >= 0.6 is 11.8 Å². The van der Waals surface area contributed by atoms with Gasteiger partial charge in [0.2, 0.25) is 5.12 Å². The number of nitrogens with zero attached hydrogens (tertiary/aromatic N) is 2. The average Bonchev–Trinajstić information content (AvgIpc) is 3.09. The molecule has 3 rings (SSSR count). The molecule has 5 nitrogen and oxygen atoms in total. The third-order valence-corrected chi connectivity index (χ3v) is 5.78. The van der Waals surface area contributed by atoms with Gasteiger partial charge in [0.1, 0.15) is 6.61 Å². The van der Waals surface area contributed by atoms with Crippen LogP contribution in [0.2, 0.25) is 0 Å². The quantitative estimate of drug-likeness (QED) is 0.683. The Labute approximate surface area is 169 Å². The predicted octanol–water partition coefficient (Wildman–Crippen LogP) is 4.27. The number of likely N-dealkylation sites (tertiary alicyclic amines) is 1. The molecule has 1 aromatic carbocycles. The third kappa shape index (κ3) is 5.23. The van der Waals surface area contributed by atoms with Crippen LogP contribution < -0.4 is 0 Å². The molecule has 1 saturated heterocycles. The van der Waals surface area contributed by atoms with E-state index in [4.69, 9.17) is 4.74 Å². The summed E-state index contributed by atoms with van der Waals surface area (Å²) in [6.45, 7) is 6.21. The van der Waals surface area contributed by atoms with Crippen LogP contribution in [0.1, 0.15) is 28.0 Å².